The number of amides is 1. The Morgan fingerprint density at radius 3 is 0.789 bits per heavy atom. The maximum Gasteiger partial charge on any atom is 0.305 e. The zero-order valence-electron chi connectivity index (χ0n) is 61.7. The number of nitrogens with one attached hydrogen (secondary N) is 1. The molecular formula is C84H165NO5. The van der Waals surface area contributed by atoms with Gasteiger partial charge in [-0.2, -0.15) is 0 Å². The SMILES string of the molecule is CCCCCCCCCCCCCCCCCCCCCCCC(O)C(CO)NC(=O)CCCCCCCCCCCCCCCCCCC/C=C\CCCCCCCCCCCCCCCCCCOC(=O)CCCCCCCCCCCCCCCCC. The Hall–Kier alpha value is -1.40. The van der Waals surface area contributed by atoms with Crippen molar-refractivity contribution in [2.24, 2.45) is 0 Å². The van der Waals surface area contributed by atoms with Gasteiger partial charge in [0.25, 0.3) is 0 Å². The van der Waals surface area contributed by atoms with E-state index >= 15 is 0 Å². The van der Waals surface area contributed by atoms with E-state index in [1.165, 1.54) is 417 Å². The molecule has 0 aromatic carbocycles. The van der Waals surface area contributed by atoms with E-state index in [-0.39, 0.29) is 18.5 Å². The maximum atomic E-state index is 12.6. The zero-order valence-corrected chi connectivity index (χ0v) is 61.7. The summed E-state index contributed by atoms with van der Waals surface area (Å²) in [4.78, 5) is 24.7. The van der Waals surface area contributed by atoms with Crippen molar-refractivity contribution >= 4 is 11.9 Å². The summed E-state index contributed by atoms with van der Waals surface area (Å²) in [6.07, 6.45) is 102. The second-order valence-corrected chi connectivity index (χ2v) is 29.2. The molecule has 2 unspecified atom stereocenters. The Kier molecular flexibility index (Phi) is 78.8. The number of ether oxygens (including phenoxy) is 1. The monoisotopic (exact) mass is 1270 g/mol. The van der Waals surface area contributed by atoms with Crippen LogP contribution in [0, 0.1) is 0 Å². The van der Waals surface area contributed by atoms with E-state index in [4.69, 9.17) is 4.74 Å². The molecule has 0 aromatic heterocycles. The number of carbonyl (C=O) groups excluding carboxylic acids is 2. The van der Waals surface area contributed by atoms with Crippen LogP contribution >= 0.6 is 0 Å². The van der Waals surface area contributed by atoms with E-state index in [1.807, 2.05) is 0 Å². The number of aliphatic hydroxyl groups is 2. The summed E-state index contributed by atoms with van der Waals surface area (Å²) in [5.41, 5.74) is 0. The average Bonchev–Trinajstić information content (AvgIpc) is 3.60. The number of rotatable bonds is 80. The molecule has 0 aliphatic heterocycles. The molecule has 0 aliphatic rings. The van der Waals surface area contributed by atoms with Crippen molar-refractivity contribution in [3.8, 4) is 0 Å². The van der Waals surface area contributed by atoms with Crippen LogP contribution in [0.4, 0.5) is 0 Å². The molecule has 0 rings (SSSR count). The molecule has 0 saturated carbocycles. The predicted octanol–water partition coefficient (Wildman–Crippen LogP) is 27.8. The van der Waals surface area contributed by atoms with Crippen LogP contribution in [-0.2, 0) is 14.3 Å². The van der Waals surface area contributed by atoms with Crippen molar-refractivity contribution in [3.63, 3.8) is 0 Å². The van der Waals surface area contributed by atoms with Gasteiger partial charge >= 0.3 is 5.97 Å². The van der Waals surface area contributed by atoms with Gasteiger partial charge in [-0.3, -0.25) is 9.59 Å². The minimum Gasteiger partial charge on any atom is -0.466 e. The lowest BCUT2D eigenvalue weighted by atomic mass is 10.0. The van der Waals surface area contributed by atoms with Gasteiger partial charge in [-0.15, -0.1) is 0 Å². The van der Waals surface area contributed by atoms with Crippen molar-refractivity contribution in [2.45, 2.75) is 501 Å². The number of hydrogen-bond acceptors (Lipinski definition) is 5. The minimum atomic E-state index is -0.662. The first-order valence-corrected chi connectivity index (χ1v) is 41.9. The predicted molar refractivity (Wildman–Crippen MR) is 398 cm³/mol. The molecule has 0 aliphatic carbocycles. The molecule has 0 bridgehead atoms. The summed E-state index contributed by atoms with van der Waals surface area (Å²) in [6.45, 7) is 5.02. The van der Waals surface area contributed by atoms with Crippen molar-refractivity contribution in [2.75, 3.05) is 13.2 Å². The molecule has 3 N–H and O–H groups in total. The van der Waals surface area contributed by atoms with Crippen molar-refractivity contribution in [1.29, 1.82) is 0 Å². The molecule has 536 valence electrons. The zero-order chi connectivity index (χ0) is 64.9. The third kappa shape index (κ3) is 75.6. The number of allylic oxidation sites excluding steroid dienone is 2. The summed E-state index contributed by atoms with van der Waals surface area (Å²) in [7, 11) is 0. The Morgan fingerprint density at radius 1 is 0.300 bits per heavy atom. The number of aliphatic hydroxyl groups excluding tert-OH is 2. The van der Waals surface area contributed by atoms with Gasteiger partial charge in [0.1, 0.15) is 0 Å². The van der Waals surface area contributed by atoms with Crippen LogP contribution in [-0.4, -0.2) is 47.4 Å². The highest BCUT2D eigenvalue weighted by molar-refractivity contribution is 5.76. The highest BCUT2D eigenvalue weighted by Crippen LogP contribution is 2.21. The lowest BCUT2D eigenvalue weighted by Crippen LogP contribution is -2.45. The fraction of sp³-hybridized carbons (Fsp3) is 0.952. The summed E-state index contributed by atoms with van der Waals surface area (Å²) in [6, 6.07) is -0.539. The topological polar surface area (TPSA) is 95.9 Å². The first-order chi connectivity index (χ1) is 44.5. The molecule has 0 aromatic rings. The highest BCUT2D eigenvalue weighted by atomic mass is 16.5. The van der Waals surface area contributed by atoms with Crippen LogP contribution in [0.2, 0.25) is 0 Å². The molecule has 2 atom stereocenters. The molecule has 6 heteroatoms. The largest absolute Gasteiger partial charge is 0.466 e. The fourth-order valence-electron chi connectivity index (χ4n) is 13.7. The molecule has 90 heavy (non-hydrogen) atoms. The van der Waals surface area contributed by atoms with Crippen molar-refractivity contribution in [3.05, 3.63) is 12.2 Å². The fourth-order valence-corrected chi connectivity index (χ4v) is 13.7. The second kappa shape index (κ2) is 80.0. The number of esters is 1. The quantitative estimate of drug-likeness (QED) is 0.0320. The van der Waals surface area contributed by atoms with Crippen LogP contribution in [0.3, 0.4) is 0 Å². The summed E-state index contributed by atoms with van der Waals surface area (Å²) in [5.74, 6) is 0.000659. The lowest BCUT2D eigenvalue weighted by molar-refractivity contribution is -0.143. The number of unbranched alkanes of at least 4 members (excludes halogenated alkanes) is 67. The van der Waals surface area contributed by atoms with Gasteiger partial charge in [-0.25, -0.2) is 0 Å². The van der Waals surface area contributed by atoms with Gasteiger partial charge in [0.05, 0.1) is 25.4 Å². The molecule has 0 saturated heterocycles. The molecule has 0 radical (unpaired) electrons. The van der Waals surface area contributed by atoms with Gasteiger partial charge in [-0.1, -0.05) is 437 Å². The van der Waals surface area contributed by atoms with Gasteiger partial charge in [0, 0.05) is 12.8 Å². The van der Waals surface area contributed by atoms with E-state index in [0.29, 0.717) is 25.9 Å². The van der Waals surface area contributed by atoms with Crippen LogP contribution in [0.15, 0.2) is 12.2 Å². The minimum absolute atomic E-state index is 0.0250. The molecule has 6 nitrogen and oxygen atoms in total. The molecule has 1 amide bonds. The van der Waals surface area contributed by atoms with E-state index in [1.54, 1.807) is 0 Å². The summed E-state index contributed by atoms with van der Waals surface area (Å²) in [5, 5.41) is 23.5. The third-order valence-electron chi connectivity index (χ3n) is 20.1. The lowest BCUT2D eigenvalue weighted by Gasteiger charge is -2.22. The Labute approximate surface area is 565 Å². The maximum absolute atomic E-state index is 12.6. The standard InChI is InChI=1S/C84H165NO5/c1-3-5-7-9-11-13-15-17-19-20-21-39-42-45-49-52-56-60-64-68-72-76-82(87)81(80-86)85-83(88)77-73-69-65-61-57-53-50-46-43-40-37-35-33-31-29-27-25-23-22-24-26-28-30-32-34-36-38-41-44-47-51-55-59-63-67-71-75-79-90-84(89)78-74-70-66-62-58-54-48-18-16-14-12-10-8-6-4-2/h22,24,81-82,86-87H,3-21,23,25-80H2,1-2H3,(H,85,88)/b24-22-. The van der Waals surface area contributed by atoms with E-state index in [2.05, 4.69) is 31.3 Å². The Balaban J connectivity index is 3.32. The summed E-state index contributed by atoms with van der Waals surface area (Å²) < 4.78 is 5.51. The Bertz CT molecular complexity index is 1370. The molecule has 0 fully saturated rings. The normalized spacial score (nSPS) is 12.4. The third-order valence-corrected chi connectivity index (χ3v) is 20.1. The van der Waals surface area contributed by atoms with Crippen LogP contribution in [0.5, 0.6) is 0 Å². The number of carbonyl (C=O) groups is 2. The summed E-state index contributed by atoms with van der Waals surface area (Å²) >= 11 is 0. The van der Waals surface area contributed by atoms with E-state index < -0.39 is 12.1 Å². The number of hydrogen-bond donors (Lipinski definition) is 3. The molecule has 0 spiro atoms. The van der Waals surface area contributed by atoms with Crippen LogP contribution < -0.4 is 5.32 Å². The van der Waals surface area contributed by atoms with Crippen molar-refractivity contribution < 1.29 is 24.5 Å². The van der Waals surface area contributed by atoms with E-state index in [0.717, 1.165) is 38.5 Å². The highest BCUT2D eigenvalue weighted by Gasteiger charge is 2.20. The average molecular weight is 1270 g/mol. The van der Waals surface area contributed by atoms with Gasteiger partial charge in [0.15, 0.2) is 0 Å². The second-order valence-electron chi connectivity index (χ2n) is 29.2. The molecular weight excluding hydrogens is 1100 g/mol. The van der Waals surface area contributed by atoms with Crippen molar-refractivity contribution in [1.82, 2.24) is 5.32 Å². The first kappa shape index (κ1) is 88.6. The van der Waals surface area contributed by atoms with Gasteiger partial charge in [0.2, 0.25) is 5.91 Å². The van der Waals surface area contributed by atoms with Crippen LogP contribution in [0.25, 0.3) is 0 Å². The first-order valence-electron chi connectivity index (χ1n) is 41.9. The van der Waals surface area contributed by atoms with E-state index in [9.17, 15) is 19.8 Å². The Morgan fingerprint density at radius 2 is 0.522 bits per heavy atom. The molecule has 0 heterocycles. The van der Waals surface area contributed by atoms with Crippen LogP contribution in [0.1, 0.15) is 489 Å². The van der Waals surface area contributed by atoms with Gasteiger partial charge in [-0.05, 0) is 51.4 Å². The smallest absolute Gasteiger partial charge is 0.305 e. The van der Waals surface area contributed by atoms with Gasteiger partial charge < -0.3 is 20.3 Å².